The first-order valence-corrected chi connectivity index (χ1v) is 6.69. The van der Waals surface area contributed by atoms with Gasteiger partial charge in [-0.3, -0.25) is 0 Å². The summed E-state index contributed by atoms with van der Waals surface area (Å²) in [4.78, 5) is 0. The Morgan fingerprint density at radius 3 is 2.89 bits per heavy atom. The number of hydrogen-bond acceptors (Lipinski definition) is 5. The molecule has 1 unspecified atom stereocenters. The van der Waals surface area contributed by atoms with Crippen LogP contribution in [0, 0.1) is 0 Å². The lowest BCUT2D eigenvalue weighted by Crippen LogP contribution is -2.33. The van der Waals surface area contributed by atoms with E-state index in [-0.39, 0.29) is 6.10 Å². The highest BCUT2D eigenvalue weighted by molar-refractivity contribution is 5.56. The molecule has 104 valence electrons. The molecule has 0 aliphatic carbocycles. The van der Waals surface area contributed by atoms with E-state index in [1.54, 1.807) is 7.11 Å². The topological polar surface area (TPSA) is 49.0 Å². The average Bonchev–Trinajstić information content (AvgIpc) is 2.72. The molecule has 5 heteroatoms. The number of methoxy groups -OCH3 is 1. The molecule has 5 nitrogen and oxygen atoms in total. The average molecular weight is 265 g/mol. The summed E-state index contributed by atoms with van der Waals surface area (Å²) in [6.07, 6.45) is 0.884. The summed E-state index contributed by atoms with van der Waals surface area (Å²) in [5, 5.41) is 3.32. The molecule has 0 bridgehead atoms. The molecule has 1 fully saturated rings. The van der Waals surface area contributed by atoms with E-state index < -0.39 is 0 Å². The van der Waals surface area contributed by atoms with Crippen molar-refractivity contribution < 1.29 is 18.9 Å². The normalized spacial score (nSPS) is 22.7. The smallest absolute Gasteiger partial charge is 0.203 e. The molecular weight excluding hydrogens is 246 g/mol. The number of fused-ring (bicyclic) bond motifs is 1. The van der Waals surface area contributed by atoms with Crippen LogP contribution in [0.3, 0.4) is 0 Å². The maximum atomic E-state index is 5.79. The van der Waals surface area contributed by atoms with Gasteiger partial charge < -0.3 is 24.3 Å². The van der Waals surface area contributed by atoms with Gasteiger partial charge in [0.15, 0.2) is 11.5 Å². The highest BCUT2D eigenvalue weighted by Gasteiger charge is 2.25. The first kappa shape index (κ1) is 12.6. The van der Waals surface area contributed by atoms with Crippen LogP contribution < -0.4 is 19.5 Å². The Morgan fingerprint density at radius 2 is 2.11 bits per heavy atom. The fraction of sp³-hybridized carbons (Fsp3) is 0.571. The Morgan fingerprint density at radius 1 is 1.21 bits per heavy atom. The molecule has 2 heterocycles. The SMILES string of the molecule is COc1c(C2CNCCO2)ccc2c1OCCCO2. The van der Waals surface area contributed by atoms with Gasteiger partial charge in [-0.05, 0) is 12.1 Å². The van der Waals surface area contributed by atoms with Crippen LogP contribution in [0.1, 0.15) is 18.1 Å². The molecule has 1 saturated heterocycles. The molecule has 0 saturated carbocycles. The second-order valence-electron chi connectivity index (χ2n) is 4.63. The van der Waals surface area contributed by atoms with Crippen molar-refractivity contribution in [3.8, 4) is 17.2 Å². The first-order valence-electron chi connectivity index (χ1n) is 6.69. The van der Waals surface area contributed by atoms with Crippen LogP contribution in [-0.2, 0) is 4.74 Å². The van der Waals surface area contributed by atoms with Crippen molar-refractivity contribution in [2.24, 2.45) is 0 Å². The Balaban J connectivity index is 1.97. The maximum absolute atomic E-state index is 5.79. The van der Waals surface area contributed by atoms with E-state index >= 15 is 0 Å². The summed E-state index contributed by atoms with van der Waals surface area (Å²) >= 11 is 0. The quantitative estimate of drug-likeness (QED) is 0.878. The van der Waals surface area contributed by atoms with Gasteiger partial charge in [-0.1, -0.05) is 0 Å². The summed E-state index contributed by atoms with van der Waals surface area (Å²) in [5.41, 5.74) is 1.01. The number of morpholine rings is 1. The lowest BCUT2D eigenvalue weighted by Gasteiger charge is -2.26. The number of benzene rings is 1. The molecule has 3 rings (SSSR count). The third-order valence-electron chi connectivity index (χ3n) is 3.38. The van der Waals surface area contributed by atoms with E-state index in [1.807, 2.05) is 12.1 Å². The third kappa shape index (κ3) is 2.48. The van der Waals surface area contributed by atoms with Gasteiger partial charge in [-0.25, -0.2) is 0 Å². The second kappa shape index (κ2) is 5.67. The Kier molecular flexibility index (Phi) is 3.75. The van der Waals surface area contributed by atoms with Crippen LogP contribution in [0.2, 0.25) is 0 Å². The minimum atomic E-state index is 0.000790. The molecule has 19 heavy (non-hydrogen) atoms. The van der Waals surface area contributed by atoms with Crippen LogP contribution in [-0.4, -0.2) is 40.0 Å². The van der Waals surface area contributed by atoms with Gasteiger partial charge >= 0.3 is 0 Å². The van der Waals surface area contributed by atoms with Gasteiger partial charge in [-0.15, -0.1) is 0 Å². The van der Waals surface area contributed by atoms with E-state index in [9.17, 15) is 0 Å². The monoisotopic (exact) mass is 265 g/mol. The predicted molar refractivity (Wildman–Crippen MR) is 70.2 cm³/mol. The zero-order valence-electron chi connectivity index (χ0n) is 11.1. The lowest BCUT2D eigenvalue weighted by atomic mass is 10.1. The molecule has 1 aromatic rings. The molecule has 1 aromatic carbocycles. The van der Waals surface area contributed by atoms with Crippen molar-refractivity contribution in [1.82, 2.24) is 5.32 Å². The van der Waals surface area contributed by atoms with Crippen molar-refractivity contribution in [2.45, 2.75) is 12.5 Å². The summed E-state index contributed by atoms with van der Waals surface area (Å²) in [6.45, 7) is 3.72. The van der Waals surface area contributed by atoms with Crippen LogP contribution >= 0.6 is 0 Å². The van der Waals surface area contributed by atoms with E-state index in [1.165, 1.54) is 0 Å². The van der Waals surface area contributed by atoms with Gasteiger partial charge in [0.1, 0.15) is 0 Å². The molecule has 0 spiro atoms. The van der Waals surface area contributed by atoms with E-state index in [4.69, 9.17) is 18.9 Å². The fourth-order valence-corrected chi connectivity index (χ4v) is 2.45. The predicted octanol–water partition coefficient (Wildman–Crippen LogP) is 1.52. The van der Waals surface area contributed by atoms with Crippen molar-refractivity contribution in [1.29, 1.82) is 0 Å². The maximum Gasteiger partial charge on any atom is 0.203 e. The highest BCUT2D eigenvalue weighted by Crippen LogP contribution is 2.44. The first-order chi connectivity index (χ1) is 9.40. The Hall–Kier alpha value is -1.46. The molecule has 2 aliphatic heterocycles. The third-order valence-corrected chi connectivity index (χ3v) is 3.38. The van der Waals surface area contributed by atoms with E-state index in [0.717, 1.165) is 36.6 Å². The standard InChI is InChI=1S/C14H19NO4/c1-16-13-10(12-9-15-5-8-18-12)3-4-11-14(13)19-7-2-6-17-11/h3-4,12,15H,2,5-9H2,1H3. The fourth-order valence-electron chi connectivity index (χ4n) is 2.45. The number of hydrogen-bond donors (Lipinski definition) is 1. The molecule has 1 N–H and O–H groups in total. The minimum Gasteiger partial charge on any atom is -0.492 e. The van der Waals surface area contributed by atoms with Crippen LogP contribution in [0.25, 0.3) is 0 Å². The van der Waals surface area contributed by atoms with Gasteiger partial charge in [0.25, 0.3) is 0 Å². The molecular formula is C14H19NO4. The summed E-state index contributed by atoms with van der Waals surface area (Å²) in [6, 6.07) is 3.94. The van der Waals surface area contributed by atoms with E-state index in [0.29, 0.717) is 25.6 Å². The molecule has 0 amide bonds. The summed E-state index contributed by atoms with van der Waals surface area (Å²) in [5.74, 6) is 2.18. The Bertz CT molecular complexity index is 443. The van der Waals surface area contributed by atoms with E-state index in [2.05, 4.69) is 5.32 Å². The minimum absolute atomic E-state index is 0.000790. The molecule has 0 aromatic heterocycles. The van der Waals surface area contributed by atoms with Crippen LogP contribution in [0.15, 0.2) is 12.1 Å². The number of ether oxygens (including phenoxy) is 4. The zero-order chi connectivity index (χ0) is 13.1. The zero-order valence-corrected chi connectivity index (χ0v) is 11.1. The van der Waals surface area contributed by atoms with Gasteiger partial charge in [0.05, 0.1) is 33.0 Å². The summed E-state index contributed by atoms with van der Waals surface area (Å²) in [7, 11) is 1.66. The van der Waals surface area contributed by atoms with Crippen molar-refractivity contribution in [3.05, 3.63) is 17.7 Å². The second-order valence-corrected chi connectivity index (χ2v) is 4.63. The van der Waals surface area contributed by atoms with Crippen LogP contribution in [0.4, 0.5) is 0 Å². The molecule has 0 radical (unpaired) electrons. The molecule has 2 aliphatic rings. The lowest BCUT2D eigenvalue weighted by molar-refractivity contribution is 0.0260. The van der Waals surface area contributed by atoms with Crippen LogP contribution in [0.5, 0.6) is 17.2 Å². The Labute approximate surface area is 112 Å². The van der Waals surface area contributed by atoms with Crippen molar-refractivity contribution >= 4 is 0 Å². The number of rotatable bonds is 2. The van der Waals surface area contributed by atoms with Crippen molar-refractivity contribution in [2.75, 3.05) is 40.0 Å². The largest absolute Gasteiger partial charge is 0.492 e. The van der Waals surface area contributed by atoms with Gasteiger partial charge in [0, 0.05) is 25.1 Å². The number of nitrogens with one attached hydrogen (secondary N) is 1. The molecule has 1 atom stereocenters. The van der Waals surface area contributed by atoms with Gasteiger partial charge in [-0.2, -0.15) is 0 Å². The highest BCUT2D eigenvalue weighted by atomic mass is 16.5. The van der Waals surface area contributed by atoms with Crippen molar-refractivity contribution in [3.63, 3.8) is 0 Å². The van der Waals surface area contributed by atoms with Gasteiger partial charge in [0.2, 0.25) is 5.75 Å². The summed E-state index contributed by atoms with van der Waals surface area (Å²) < 4.78 is 22.8.